The normalized spacial score (nSPS) is 24.9. The lowest BCUT2D eigenvalue weighted by Gasteiger charge is -2.14. The van der Waals surface area contributed by atoms with Gasteiger partial charge in [0.2, 0.25) is 5.82 Å². The van der Waals surface area contributed by atoms with Crippen LogP contribution in [0.15, 0.2) is 17.7 Å². The highest BCUT2D eigenvalue weighted by Gasteiger charge is 2.45. The molecular weight excluding hydrogens is 264 g/mol. The summed E-state index contributed by atoms with van der Waals surface area (Å²) in [5, 5.41) is 18.3. The van der Waals surface area contributed by atoms with E-state index in [9.17, 15) is 13.6 Å². The van der Waals surface area contributed by atoms with Crippen molar-refractivity contribution in [1.29, 1.82) is 5.26 Å². The predicted molar refractivity (Wildman–Crippen MR) is 66.4 cm³/mol. The first-order valence-corrected chi connectivity index (χ1v) is 6.42. The van der Waals surface area contributed by atoms with Gasteiger partial charge in [0.05, 0.1) is 5.57 Å². The van der Waals surface area contributed by atoms with Gasteiger partial charge in [-0.3, -0.25) is 4.79 Å². The van der Waals surface area contributed by atoms with Crippen LogP contribution in [0.2, 0.25) is 0 Å². The second kappa shape index (κ2) is 4.41. The third-order valence-corrected chi connectivity index (χ3v) is 4.20. The van der Waals surface area contributed by atoms with Crippen LogP contribution in [0.5, 0.6) is 5.75 Å². The van der Waals surface area contributed by atoms with Crippen molar-refractivity contribution in [2.24, 2.45) is 11.8 Å². The van der Waals surface area contributed by atoms with E-state index < -0.39 is 17.4 Å². The molecule has 0 amide bonds. The standard InChI is InChI=1S/C15H11F2NO2/c16-13-9(4-5-11(19)14(13)17)12-7-2-1-3-8(7)15(20)10(12)6-18/h4-5,7-8,19H,1-3H2/t7-,8+/m1/s1. The minimum Gasteiger partial charge on any atom is -0.505 e. The Balaban J connectivity index is 2.22. The molecule has 0 unspecified atom stereocenters. The number of hydrogen-bond donors (Lipinski definition) is 1. The molecule has 5 heteroatoms. The predicted octanol–water partition coefficient (Wildman–Crippen LogP) is 2.95. The molecule has 0 aromatic heterocycles. The first-order valence-electron chi connectivity index (χ1n) is 6.42. The third kappa shape index (κ3) is 1.58. The van der Waals surface area contributed by atoms with E-state index in [1.165, 1.54) is 6.07 Å². The Hall–Kier alpha value is -2.22. The van der Waals surface area contributed by atoms with Crippen LogP contribution in [0.25, 0.3) is 5.57 Å². The quantitative estimate of drug-likeness (QED) is 0.857. The van der Waals surface area contributed by atoms with Crippen molar-refractivity contribution in [3.05, 3.63) is 34.9 Å². The Bertz CT molecular complexity index is 688. The summed E-state index contributed by atoms with van der Waals surface area (Å²) in [6.07, 6.45) is 2.21. The van der Waals surface area contributed by atoms with Crippen LogP contribution in [0.3, 0.4) is 0 Å². The molecule has 3 rings (SSSR count). The molecule has 0 aliphatic heterocycles. The van der Waals surface area contributed by atoms with E-state index in [4.69, 9.17) is 10.4 Å². The van der Waals surface area contributed by atoms with Gasteiger partial charge in [-0.2, -0.15) is 9.65 Å². The molecule has 0 radical (unpaired) electrons. The van der Waals surface area contributed by atoms with E-state index in [1.54, 1.807) is 0 Å². The van der Waals surface area contributed by atoms with E-state index >= 15 is 0 Å². The van der Waals surface area contributed by atoms with E-state index in [2.05, 4.69) is 0 Å². The summed E-state index contributed by atoms with van der Waals surface area (Å²) in [5.41, 5.74) is 0.152. The molecule has 0 saturated heterocycles. The van der Waals surface area contributed by atoms with Gasteiger partial charge in [-0.15, -0.1) is 0 Å². The van der Waals surface area contributed by atoms with Crippen LogP contribution in [0.1, 0.15) is 24.8 Å². The maximum atomic E-state index is 14.0. The molecule has 0 heterocycles. The fourth-order valence-electron chi connectivity index (χ4n) is 3.32. The molecule has 102 valence electrons. The minimum absolute atomic E-state index is 0.0660. The average Bonchev–Trinajstić information content (AvgIpc) is 2.99. The number of hydrogen-bond acceptors (Lipinski definition) is 3. The van der Waals surface area contributed by atoms with Gasteiger partial charge in [-0.25, -0.2) is 4.39 Å². The molecular formula is C15H11F2NO2. The number of rotatable bonds is 1. The Morgan fingerprint density at radius 2 is 1.90 bits per heavy atom. The zero-order chi connectivity index (χ0) is 14.4. The molecule has 2 aliphatic rings. The van der Waals surface area contributed by atoms with Gasteiger partial charge >= 0.3 is 0 Å². The molecule has 0 bridgehead atoms. The van der Waals surface area contributed by atoms with Gasteiger partial charge < -0.3 is 5.11 Å². The monoisotopic (exact) mass is 275 g/mol. The molecule has 0 spiro atoms. The number of fused-ring (bicyclic) bond motifs is 1. The zero-order valence-electron chi connectivity index (χ0n) is 10.5. The number of halogens is 2. The number of nitriles is 1. The number of carbonyl (C=O) groups is 1. The minimum atomic E-state index is -1.35. The molecule has 2 aliphatic carbocycles. The van der Waals surface area contributed by atoms with E-state index in [0.29, 0.717) is 18.4 Å². The number of Topliss-reactive ketones (excluding diaryl/α,β-unsaturated/α-hetero) is 1. The summed E-state index contributed by atoms with van der Waals surface area (Å²) in [6, 6.07) is 4.11. The smallest absolute Gasteiger partial charge is 0.200 e. The van der Waals surface area contributed by atoms with E-state index in [-0.39, 0.29) is 28.8 Å². The number of phenols is 1. The lowest BCUT2D eigenvalue weighted by molar-refractivity contribution is -0.118. The van der Waals surface area contributed by atoms with Gasteiger partial charge in [0.15, 0.2) is 17.3 Å². The summed E-state index contributed by atoms with van der Waals surface area (Å²) >= 11 is 0. The summed E-state index contributed by atoms with van der Waals surface area (Å²) < 4.78 is 27.5. The van der Waals surface area contributed by atoms with Crippen LogP contribution in [0, 0.1) is 34.8 Å². The van der Waals surface area contributed by atoms with Crippen molar-refractivity contribution in [2.75, 3.05) is 0 Å². The van der Waals surface area contributed by atoms with Gasteiger partial charge in [0.25, 0.3) is 0 Å². The summed E-state index contributed by atoms with van der Waals surface area (Å²) in [5.74, 6) is -4.09. The van der Waals surface area contributed by atoms with Gasteiger partial charge in [-0.1, -0.05) is 6.42 Å². The van der Waals surface area contributed by atoms with Crippen LogP contribution < -0.4 is 0 Å². The summed E-state index contributed by atoms with van der Waals surface area (Å²) in [4.78, 5) is 12.1. The maximum absolute atomic E-state index is 14.0. The van der Waals surface area contributed by atoms with Crippen molar-refractivity contribution in [3.63, 3.8) is 0 Å². The third-order valence-electron chi connectivity index (χ3n) is 4.20. The molecule has 20 heavy (non-hydrogen) atoms. The highest BCUT2D eigenvalue weighted by Crippen LogP contribution is 2.50. The second-order valence-corrected chi connectivity index (χ2v) is 5.17. The SMILES string of the molecule is N#CC1=C(c2ccc(O)c(F)c2F)[C@@H]2CCC[C@@H]2C1=O. The topological polar surface area (TPSA) is 61.1 Å². The van der Waals surface area contributed by atoms with Crippen molar-refractivity contribution in [1.82, 2.24) is 0 Å². The van der Waals surface area contributed by atoms with Gasteiger partial charge in [0, 0.05) is 11.5 Å². The van der Waals surface area contributed by atoms with Crippen molar-refractivity contribution in [2.45, 2.75) is 19.3 Å². The molecule has 1 aromatic carbocycles. The number of carbonyl (C=O) groups excluding carboxylic acids is 1. The summed E-state index contributed by atoms with van der Waals surface area (Å²) in [7, 11) is 0. The average molecular weight is 275 g/mol. The van der Waals surface area contributed by atoms with E-state index in [1.807, 2.05) is 6.07 Å². The number of ketones is 1. The first-order chi connectivity index (χ1) is 9.56. The molecule has 1 aromatic rings. The zero-order valence-corrected chi connectivity index (χ0v) is 10.5. The largest absolute Gasteiger partial charge is 0.505 e. The second-order valence-electron chi connectivity index (χ2n) is 5.17. The Labute approximate surface area is 114 Å². The lowest BCUT2D eigenvalue weighted by Crippen LogP contribution is -2.11. The van der Waals surface area contributed by atoms with Crippen LogP contribution >= 0.6 is 0 Å². The number of phenolic OH excluding ortho intramolecular Hbond substituents is 1. The maximum Gasteiger partial charge on any atom is 0.200 e. The van der Waals surface area contributed by atoms with Crippen LogP contribution in [-0.4, -0.2) is 10.9 Å². The number of aromatic hydroxyl groups is 1. The Kier molecular flexibility index (Phi) is 2.82. The number of benzene rings is 1. The highest BCUT2D eigenvalue weighted by atomic mass is 19.2. The summed E-state index contributed by atoms with van der Waals surface area (Å²) in [6.45, 7) is 0. The molecule has 3 nitrogen and oxygen atoms in total. The number of allylic oxidation sites excluding steroid dienone is 2. The Morgan fingerprint density at radius 3 is 2.60 bits per heavy atom. The Morgan fingerprint density at radius 1 is 1.20 bits per heavy atom. The highest BCUT2D eigenvalue weighted by molar-refractivity contribution is 6.12. The van der Waals surface area contributed by atoms with Crippen LogP contribution in [-0.2, 0) is 4.79 Å². The van der Waals surface area contributed by atoms with E-state index in [0.717, 1.165) is 12.5 Å². The lowest BCUT2D eigenvalue weighted by atomic mass is 9.89. The van der Waals surface area contributed by atoms with Crippen molar-refractivity contribution < 1.29 is 18.7 Å². The fraction of sp³-hybridized carbons (Fsp3) is 0.333. The molecule has 1 fully saturated rings. The van der Waals surface area contributed by atoms with Gasteiger partial charge in [0.1, 0.15) is 6.07 Å². The number of nitrogens with zero attached hydrogens (tertiary/aromatic N) is 1. The van der Waals surface area contributed by atoms with Crippen LogP contribution in [0.4, 0.5) is 8.78 Å². The van der Waals surface area contributed by atoms with Crippen molar-refractivity contribution in [3.8, 4) is 11.8 Å². The fourth-order valence-corrected chi connectivity index (χ4v) is 3.32. The molecule has 2 atom stereocenters. The van der Waals surface area contributed by atoms with Gasteiger partial charge in [-0.05, 0) is 36.5 Å². The molecule has 1 saturated carbocycles. The molecule has 1 N–H and O–H groups in total. The first kappa shape index (κ1) is 12.8. The van der Waals surface area contributed by atoms with Crippen molar-refractivity contribution >= 4 is 11.4 Å².